The van der Waals surface area contributed by atoms with Crippen LogP contribution >= 0.6 is 0 Å². The molecule has 2 aromatic heterocycles. The van der Waals surface area contributed by atoms with Gasteiger partial charge in [0.2, 0.25) is 0 Å². The van der Waals surface area contributed by atoms with Gasteiger partial charge < -0.3 is 4.42 Å². The Morgan fingerprint density at radius 2 is 1.02 bits per heavy atom. The van der Waals surface area contributed by atoms with E-state index in [4.69, 9.17) is 19.4 Å². The molecule has 4 heteroatoms. The highest BCUT2D eigenvalue weighted by molar-refractivity contribution is 6.10. The highest BCUT2D eigenvalue weighted by Gasteiger charge is 2.16. The fraction of sp³-hybridized carbons (Fsp3) is 0.0238. The predicted molar refractivity (Wildman–Crippen MR) is 188 cm³/mol. The first-order valence-corrected chi connectivity index (χ1v) is 15.5. The highest BCUT2D eigenvalue weighted by atomic mass is 16.3. The minimum atomic E-state index is 0.542. The lowest BCUT2D eigenvalue weighted by Gasteiger charge is -2.09. The average Bonchev–Trinajstić information content (AvgIpc) is 3.51. The molecule has 0 atom stereocenters. The summed E-state index contributed by atoms with van der Waals surface area (Å²) < 4.78 is 6.38. The van der Waals surface area contributed by atoms with Crippen LogP contribution in [-0.4, -0.2) is 15.0 Å². The number of fused-ring (bicyclic) bond motifs is 6. The summed E-state index contributed by atoms with van der Waals surface area (Å²) in [6.07, 6.45) is 0.542. The maximum Gasteiger partial charge on any atom is 0.163 e. The van der Waals surface area contributed by atoms with Crippen molar-refractivity contribution in [3.8, 4) is 33.9 Å². The van der Waals surface area contributed by atoms with Crippen LogP contribution in [0.25, 0.3) is 77.4 Å². The number of rotatable bonds is 5. The molecule has 0 aliphatic carbocycles. The third-order valence-electron chi connectivity index (χ3n) is 8.76. The van der Waals surface area contributed by atoms with E-state index in [0.29, 0.717) is 23.9 Å². The second-order valence-corrected chi connectivity index (χ2v) is 11.6. The Hall–Kier alpha value is -6.13. The van der Waals surface area contributed by atoms with E-state index in [0.717, 1.165) is 44.2 Å². The lowest BCUT2D eigenvalue weighted by Crippen LogP contribution is -2.04. The van der Waals surface area contributed by atoms with Gasteiger partial charge in [0.25, 0.3) is 0 Å². The Morgan fingerprint density at radius 1 is 0.413 bits per heavy atom. The van der Waals surface area contributed by atoms with Gasteiger partial charge in [0.1, 0.15) is 17.0 Å². The van der Waals surface area contributed by atoms with E-state index in [2.05, 4.69) is 78.9 Å². The van der Waals surface area contributed by atoms with E-state index >= 15 is 0 Å². The lowest BCUT2D eigenvalue weighted by atomic mass is 9.96. The van der Waals surface area contributed by atoms with Crippen LogP contribution < -0.4 is 0 Å². The summed E-state index contributed by atoms with van der Waals surface area (Å²) in [5.41, 5.74) is 7.08. The molecule has 0 saturated heterocycles. The third kappa shape index (κ3) is 4.59. The van der Waals surface area contributed by atoms with Crippen molar-refractivity contribution in [3.63, 3.8) is 0 Å². The first-order valence-electron chi connectivity index (χ1n) is 15.5. The summed E-state index contributed by atoms with van der Waals surface area (Å²) in [6, 6.07) is 52.6. The van der Waals surface area contributed by atoms with Gasteiger partial charge >= 0.3 is 0 Å². The van der Waals surface area contributed by atoms with Crippen molar-refractivity contribution in [3.05, 3.63) is 163 Å². The van der Waals surface area contributed by atoms with Crippen molar-refractivity contribution in [2.45, 2.75) is 6.42 Å². The number of aromatic nitrogens is 3. The fourth-order valence-electron chi connectivity index (χ4n) is 6.51. The maximum atomic E-state index is 6.38. The van der Waals surface area contributed by atoms with Crippen molar-refractivity contribution in [2.75, 3.05) is 0 Å². The smallest absolute Gasteiger partial charge is 0.163 e. The van der Waals surface area contributed by atoms with Crippen molar-refractivity contribution >= 4 is 43.5 Å². The SMILES string of the molecule is c1ccc(-c2nc(Cc3cccc4oc5ccc(-c6ccc7ccc8ccccc8c7c6)cc5c34)nc(-c3ccccc3)n2)cc1. The third-order valence-corrected chi connectivity index (χ3v) is 8.76. The first-order chi connectivity index (χ1) is 22.8. The van der Waals surface area contributed by atoms with Crippen molar-refractivity contribution in [1.29, 1.82) is 0 Å². The van der Waals surface area contributed by atoms with Crippen LogP contribution in [0.4, 0.5) is 0 Å². The number of benzene rings is 7. The molecule has 0 saturated carbocycles. The van der Waals surface area contributed by atoms with Gasteiger partial charge in [-0.05, 0) is 62.5 Å². The molecule has 9 rings (SSSR count). The van der Waals surface area contributed by atoms with Crippen LogP contribution in [0.2, 0.25) is 0 Å². The van der Waals surface area contributed by atoms with E-state index < -0.39 is 0 Å². The summed E-state index contributed by atoms with van der Waals surface area (Å²) in [5.74, 6) is 2.05. The van der Waals surface area contributed by atoms with Crippen LogP contribution in [0.15, 0.2) is 156 Å². The van der Waals surface area contributed by atoms with Crippen LogP contribution in [0, 0.1) is 0 Å². The van der Waals surface area contributed by atoms with Gasteiger partial charge in [-0.3, -0.25) is 0 Å². The fourth-order valence-corrected chi connectivity index (χ4v) is 6.51. The van der Waals surface area contributed by atoms with Gasteiger partial charge in [-0.1, -0.05) is 127 Å². The zero-order valence-corrected chi connectivity index (χ0v) is 24.9. The Kier molecular flexibility index (Phi) is 6.17. The Labute approximate surface area is 265 Å². The monoisotopic (exact) mass is 589 g/mol. The van der Waals surface area contributed by atoms with Crippen LogP contribution in [0.3, 0.4) is 0 Å². The summed E-state index contributed by atoms with van der Waals surface area (Å²) in [5, 5.41) is 7.18. The first kappa shape index (κ1) is 26.3. The van der Waals surface area contributed by atoms with Gasteiger partial charge in [0, 0.05) is 28.3 Å². The molecule has 0 aliphatic heterocycles. The molecular formula is C42H27N3O. The molecule has 4 nitrogen and oxygen atoms in total. The normalized spacial score (nSPS) is 11.6. The molecule has 0 spiro atoms. The molecule has 0 amide bonds. The minimum absolute atomic E-state index is 0.542. The number of nitrogens with zero attached hydrogens (tertiary/aromatic N) is 3. The molecule has 0 N–H and O–H groups in total. The molecule has 0 radical (unpaired) electrons. The predicted octanol–water partition coefficient (Wildman–Crippen LogP) is 10.7. The quantitative estimate of drug-likeness (QED) is 0.187. The van der Waals surface area contributed by atoms with Gasteiger partial charge in [0.05, 0.1) is 0 Å². The largest absolute Gasteiger partial charge is 0.456 e. The summed E-state index contributed by atoms with van der Waals surface area (Å²) in [6.45, 7) is 0. The van der Waals surface area contributed by atoms with E-state index in [9.17, 15) is 0 Å². The molecule has 2 heterocycles. The van der Waals surface area contributed by atoms with Crippen LogP contribution in [0.5, 0.6) is 0 Å². The van der Waals surface area contributed by atoms with E-state index in [1.54, 1.807) is 0 Å². The lowest BCUT2D eigenvalue weighted by molar-refractivity contribution is 0.668. The van der Waals surface area contributed by atoms with Gasteiger partial charge in [-0.2, -0.15) is 0 Å². The van der Waals surface area contributed by atoms with Gasteiger partial charge in [-0.25, -0.2) is 15.0 Å². The molecule has 0 bridgehead atoms. The summed E-state index contributed by atoms with van der Waals surface area (Å²) in [7, 11) is 0. The van der Waals surface area contributed by atoms with E-state index in [1.165, 1.54) is 27.1 Å². The molecule has 7 aromatic carbocycles. The molecular weight excluding hydrogens is 562 g/mol. The topological polar surface area (TPSA) is 51.8 Å². The molecule has 0 aliphatic rings. The molecule has 216 valence electrons. The standard InChI is InChI=1S/C42H27N3O/c1-3-11-29(12-4-1)41-43-39(44-42(45-41)30-13-5-2-6-14-30)26-33-15-9-17-38-40(33)36-25-32(22-23-37(36)46-38)31-21-20-28-19-18-27-10-7-8-16-34(27)35(28)24-31/h1-25H,26H2. The minimum Gasteiger partial charge on any atom is -0.456 e. The second-order valence-electron chi connectivity index (χ2n) is 11.6. The maximum absolute atomic E-state index is 6.38. The molecule has 0 fully saturated rings. The molecule has 0 unspecified atom stereocenters. The van der Waals surface area contributed by atoms with Crippen molar-refractivity contribution in [2.24, 2.45) is 0 Å². The average molecular weight is 590 g/mol. The Morgan fingerprint density at radius 3 is 1.76 bits per heavy atom. The van der Waals surface area contributed by atoms with E-state index in [1.807, 2.05) is 72.8 Å². The van der Waals surface area contributed by atoms with Crippen LogP contribution in [-0.2, 0) is 6.42 Å². The van der Waals surface area contributed by atoms with Crippen LogP contribution in [0.1, 0.15) is 11.4 Å². The molecule has 9 aromatic rings. The Balaban J connectivity index is 1.18. The number of hydrogen-bond acceptors (Lipinski definition) is 4. The zero-order valence-electron chi connectivity index (χ0n) is 24.9. The summed E-state index contributed by atoms with van der Waals surface area (Å²) >= 11 is 0. The van der Waals surface area contributed by atoms with Crippen molar-refractivity contribution < 1.29 is 4.42 Å². The van der Waals surface area contributed by atoms with Gasteiger partial charge in [-0.15, -0.1) is 0 Å². The number of hydrogen-bond donors (Lipinski definition) is 0. The highest BCUT2D eigenvalue weighted by Crippen LogP contribution is 2.37. The second kappa shape index (κ2) is 10.8. The van der Waals surface area contributed by atoms with Crippen molar-refractivity contribution in [1.82, 2.24) is 15.0 Å². The summed E-state index contributed by atoms with van der Waals surface area (Å²) in [4.78, 5) is 14.8. The zero-order chi connectivity index (χ0) is 30.5. The Bertz CT molecular complexity index is 2500. The van der Waals surface area contributed by atoms with Gasteiger partial charge in [0.15, 0.2) is 11.6 Å². The number of furan rings is 1. The molecule has 46 heavy (non-hydrogen) atoms. The van der Waals surface area contributed by atoms with E-state index in [-0.39, 0.29) is 0 Å².